The molecule has 0 aliphatic carbocycles. The largest absolute Gasteiger partial charge is 0.385 e. The fourth-order valence-corrected chi connectivity index (χ4v) is 5.02. The van der Waals surface area contributed by atoms with Crippen molar-refractivity contribution in [3.05, 3.63) is 49.7 Å². The van der Waals surface area contributed by atoms with Crippen molar-refractivity contribution in [2.45, 2.75) is 59.2 Å². The van der Waals surface area contributed by atoms with Crippen molar-refractivity contribution >= 4 is 28.6 Å². The first-order chi connectivity index (χ1) is 16.1. The summed E-state index contributed by atoms with van der Waals surface area (Å²) in [6.07, 6.45) is 0.864. The highest BCUT2D eigenvalue weighted by atomic mass is 32.2. The van der Waals surface area contributed by atoms with E-state index >= 15 is 0 Å². The van der Waals surface area contributed by atoms with Crippen LogP contribution in [-0.4, -0.2) is 48.9 Å². The first-order valence-corrected chi connectivity index (χ1v) is 12.3. The molecule has 0 unspecified atom stereocenters. The molecule has 0 bridgehead atoms. The number of Topliss-reactive ketones (excluding diaryl/α,β-unsaturated/α-hetero) is 1. The summed E-state index contributed by atoms with van der Waals surface area (Å²) in [5.41, 5.74) is 2.08. The van der Waals surface area contributed by atoms with E-state index < -0.39 is 11.2 Å². The van der Waals surface area contributed by atoms with E-state index in [9.17, 15) is 14.4 Å². The number of fused-ring (bicyclic) bond motifs is 1. The maximum absolute atomic E-state index is 13.1. The standard InChI is InChI=1S/C24H33N5O4S/c1-14(2)12-29-21-20(23(31)27(6)24(29)32)22(26-17(5)25-21)34-13-19(30)18-11-15(3)28(16(18)4)9-8-10-33-7/h11,14H,8-10,12-13H2,1-7H3. The second-order valence-electron chi connectivity index (χ2n) is 8.92. The molecule has 0 aliphatic heterocycles. The number of ketones is 1. The van der Waals surface area contributed by atoms with Crippen LogP contribution in [-0.2, 0) is 24.9 Å². The Bertz CT molecular complexity index is 1340. The summed E-state index contributed by atoms with van der Waals surface area (Å²) in [6.45, 7) is 11.5. The van der Waals surface area contributed by atoms with Crippen LogP contribution in [0.2, 0.25) is 0 Å². The van der Waals surface area contributed by atoms with Crippen LogP contribution in [0.5, 0.6) is 0 Å². The van der Waals surface area contributed by atoms with Gasteiger partial charge in [-0.2, -0.15) is 0 Å². The van der Waals surface area contributed by atoms with E-state index in [0.717, 1.165) is 28.9 Å². The first kappa shape index (κ1) is 25.9. The Balaban J connectivity index is 1.97. The van der Waals surface area contributed by atoms with Crippen LogP contribution in [0.15, 0.2) is 20.7 Å². The molecule has 3 heterocycles. The predicted octanol–water partition coefficient (Wildman–Crippen LogP) is 2.88. The summed E-state index contributed by atoms with van der Waals surface area (Å²) in [7, 11) is 3.13. The van der Waals surface area contributed by atoms with Gasteiger partial charge in [0.25, 0.3) is 5.56 Å². The Labute approximate surface area is 203 Å². The number of carbonyl (C=O) groups excluding carboxylic acids is 1. The lowest BCUT2D eigenvalue weighted by atomic mass is 10.2. The van der Waals surface area contributed by atoms with Gasteiger partial charge in [0.15, 0.2) is 11.4 Å². The summed E-state index contributed by atoms with van der Waals surface area (Å²) in [6, 6.07) is 1.91. The zero-order valence-electron chi connectivity index (χ0n) is 21.0. The Kier molecular flexibility index (Phi) is 8.14. The van der Waals surface area contributed by atoms with Crippen molar-refractivity contribution in [2.75, 3.05) is 19.5 Å². The molecule has 0 aliphatic rings. The quantitative estimate of drug-likeness (QED) is 0.188. The van der Waals surface area contributed by atoms with Crippen molar-refractivity contribution < 1.29 is 9.53 Å². The van der Waals surface area contributed by atoms with E-state index in [0.29, 0.717) is 35.2 Å². The fourth-order valence-electron chi connectivity index (χ4n) is 4.08. The lowest BCUT2D eigenvalue weighted by Gasteiger charge is -2.15. The number of thioether (sulfide) groups is 1. The molecule has 3 rings (SSSR count). The number of hydrogen-bond acceptors (Lipinski definition) is 7. The molecule has 0 fully saturated rings. The minimum atomic E-state index is -0.453. The minimum Gasteiger partial charge on any atom is -0.385 e. The molecule has 9 nitrogen and oxygen atoms in total. The van der Waals surface area contributed by atoms with Gasteiger partial charge in [-0.25, -0.2) is 14.8 Å². The number of carbonyl (C=O) groups is 1. The maximum Gasteiger partial charge on any atom is 0.332 e. The molecule has 0 radical (unpaired) electrons. The summed E-state index contributed by atoms with van der Waals surface area (Å²) in [5.74, 6) is 0.725. The maximum atomic E-state index is 13.1. The van der Waals surface area contributed by atoms with Gasteiger partial charge < -0.3 is 9.30 Å². The molecular weight excluding hydrogens is 454 g/mol. The second-order valence-corrected chi connectivity index (χ2v) is 9.88. The lowest BCUT2D eigenvalue weighted by molar-refractivity contribution is 0.102. The molecule has 10 heteroatoms. The van der Waals surface area contributed by atoms with Gasteiger partial charge in [0.1, 0.15) is 16.2 Å². The molecule has 0 saturated carbocycles. The van der Waals surface area contributed by atoms with Gasteiger partial charge in [0.2, 0.25) is 0 Å². The Morgan fingerprint density at radius 2 is 1.85 bits per heavy atom. The molecule has 0 amide bonds. The van der Waals surface area contributed by atoms with Gasteiger partial charge in [-0.15, -0.1) is 0 Å². The SMILES string of the molecule is COCCCn1c(C)cc(C(=O)CSc2nc(C)nc3c2c(=O)n(C)c(=O)n3CC(C)C)c1C. The van der Waals surface area contributed by atoms with Gasteiger partial charge in [0.05, 0.1) is 5.75 Å². The van der Waals surface area contributed by atoms with Crippen molar-refractivity contribution in [1.29, 1.82) is 0 Å². The van der Waals surface area contributed by atoms with Crippen LogP contribution >= 0.6 is 11.8 Å². The van der Waals surface area contributed by atoms with E-state index in [2.05, 4.69) is 14.5 Å². The van der Waals surface area contributed by atoms with E-state index in [1.807, 2.05) is 33.8 Å². The summed E-state index contributed by atoms with van der Waals surface area (Å²) < 4.78 is 9.88. The average Bonchev–Trinajstić information content (AvgIpc) is 3.06. The fraction of sp³-hybridized carbons (Fsp3) is 0.542. The molecule has 3 aromatic rings. The number of ether oxygens (including phenoxy) is 1. The van der Waals surface area contributed by atoms with Crippen LogP contribution in [0.4, 0.5) is 0 Å². The third-order valence-electron chi connectivity index (χ3n) is 5.75. The second kappa shape index (κ2) is 10.7. The van der Waals surface area contributed by atoms with E-state index in [-0.39, 0.29) is 22.8 Å². The monoisotopic (exact) mass is 487 g/mol. The zero-order valence-corrected chi connectivity index (χ0v) is 21.8. The molecule has 184 valence electrons. The van der Waals surface area contributed by atoms with E-state index in [1.165, 1.54) is 23.4 Å². The third-order valence-corrected chi connectivity index (χ3v) is 6.73. The highest BCUT2D eigenvalue weighted by Gasteiger charge is 2.21. The van der Waals surface area contributed by atoms with Crippen molar-refractivity contribution in [3.63, 3.8) is 0 Å². The molecular formula is C24H33N5O4S. The average molecular weight is 488 g/mol. The minimum absolute atomic E-state index is 0.0344. The smallest absolute Gasteiger partial charge is 0.332 e. The van der Waals surface area contributed by atoms with Gasteiger partial charge >= 0.3 is 5.69 Å². The van der Waals surface area contributed by atoms with Gasteiger partial charge in [-0.1, -0.05) is 25.6 Å². The number of nitrogens with zero attached hydrogens (tertiary/aromatic N) is 5. The van der Waals surface area contributed by atoms with Crippen LogP contribution < -0.4 is 11.2 Å². The highest BCUT2D eigenvalue weighted by Crippen LogP contribution is 2.25. The van der Waals surface area contributed by atoms with Crippen LogP contribution in [0, 0.1) is 26.7 Å². The van der Waals surface area contributed by atoms with Crippen molar-refractivity contribution in [2.24, 2.45) is 13.0 Å². The Morgan fingerprint density at radius 1 is 1.15 bits per heavy atom. The van der Waals surface area contributed by atoms with E-state index in [1.54, 1.807) is 14.0 Å². The lowest BCUT2D eigenvalue weighted by Crippen LogP contribution is -2.39. The number of aryl methyl sites for hydroxylation is 2. The zero-order chi connectivity index (χ0) is 25.2. The van der Waals surface area contributed by atoms with Crippen LogP contribution in [0.1, 0.15) is 47.8 Å². The first-order valence-electron chi connectivity index (χ1n) is 11.4. The number of rotatable bonds is 10. The van der Waals surface area contributed by atoms with Crippen molar-refractivity contribution in [1.82, 2.24) is 23.7 Å². The van der Waals surface area contributed by atoms with Gasteiger partial charge in [0, 0.05) is 50.8 Å². The summed E-state index contributed by atoms with van der Waals surface area (Å²) in [5, 5.41) is 0.694. The van der Waals surface area contributed by atoms with Gasteiger partial charge in [-0.05, 0) is 39.2 Å². The predicted molar refractivity (Wildman–Crippen MR) is 134 cm³/mol. The topological polar surface area (TPSA) is 101 Å². The number of aromatic nitrogens is 5. The van der Waals surface area contributed by atoms with Crippen LogP contribution in [0.25, 0.3) is 11.0 Å². The molecule has 0 aromatic carbocycles. The summed E-state index contributed by atoms with van der Waals surface area (Å²) >= 11 is 1.21. The normalized spacial score (nSPS) is 11.6. The Hall–Kier alpha value is -2.72. The molecule has 3 aromatic heterocycles. The number of hydrogen-bond donors (Lipinski definition) is 0. The van der Waals surface area contributed by atoms with E-state index in [4.69, 9.17) is 4.74 Å². The van der Waals surface area contributed by atoms with Crippen molar-refractivity contribution in [3.8, 4) is 0 Å². The third kappa shape index (κ3) is 5.17. The van der Waals surface area contributed by atoms with Crippen LogP contribution in [0.3, 0.4) is 0 Å². The molecule has 34 heavy (non-hydrogen) atoms. The molecule has 0 atom stereocenters. The Morgan fingerprint density at radius 3 is 2.50 bits per heavy atom. The number of methoxy groups -OCH3 is 1. The molecule has 0 saturated heterocycles. The summed E-state index contributed by atoms with van der Waals surface area (Å²) in [4.78, 5) is 47.8. The molecule has 0 N–H and O–H groups in total. The van der Waals surface area contributed by atoms with Gasteiger partial charge in [-0.3, -0.25) is 18.7 Å². The highest BCUT2D eigenvalue weighted by molar-refractivity contribution is 8.00. The molecule has 0 spiro atoms.